The standard InChI is InChI=1S/C11H16N2O/c1-2-4-10(5-3-1)13-8-11-9-14-7-6-12-11/h1-5,11-13H,6-9H2. The number of ether oxygens (including phenoxy) is 1. The Balaban J connectivity index is 1.76. The van der Waals surface area contributed by atoms with Crippen molar-refractivity contribution in [3.8, 4) is 0 Å². The van der Waals surface area contributed by atoms with E-state index in [9.17, 15) is 0 Å². The van der Waals surface area contributed by atoms with Gasteiger partial charge >= 0.3 is 0 Å². The zero-order chi connectivity index (χ0) is 9.64. The molecular weight excluding hydrogens is 176 g/mol. The molecule has 2 rings (SSSR count). The fourth-order valence-corrected chi connectivity index (χ4v) is 1.55. The maximum Gasteiger partial charge on any atom is 0.0637 e. The van der Waals surface area contributed by atoms with Gasteiger partial charge < -0.3 is 15.4 Å². The van der Waals surface area contributed by atoms with Crippen molar-refractivity contribution in [2.24, 2.45) is 0 Å². The molecule has 1 unspecified atom stereocenters. The van der Waals surface area contributed by atoms with E-state index in [-0.39, 0.29) is 0 Å². The monoisotopic (exact) mass is 192 g/mol. The fourth-order valence-electron chi connectivity index (χ4n) is 1.55. The molecule has 1 aromatic carbocycles. The Bertz CT molecular complexity index is 257. The van der Waals surface area contributed by atoms with Crippen LogP contribution in [0.25, 0.3) is 0 Å². The lowest BCUT2D eigenvalue weighted by molar-refractivity contribution is 0.0806. The summed E-state index contributed by atoms with van der Waals surface area (Å²) in [5.74, 6) is 0. The van der Waals surface area contributed by atoms with Crippen molar-refractivity contribution in [3.05, 3.63) is 30.3 Å². The molecule has 1 atom stereocenters. The van der Waals surface area contributed by atoms with Crippen LogP contribution < -0.4 is 10.6 Å². The number of benzene rings is 1. The van der Waals surface area contributed by atoms with Crippen molar-refractivity contribution >= 4 is 5.69 Å². The smallest absolute Gasteiger partial charge is 0.0637 e. The highest BCUT2D eigenvalue weighted by Gasteiger charge is 2.11. The summed E-state index contributed by atoms with van der Waals surface area (Å²) in [6, 6.07) is 10.7. The molecule has 0 bridgehead atoms. The molecule has 1 aliphatic rings. The Kier molecular flexibility index (Phi) is 3.38. The van der Waals surface area contributed by atoms with Crippen LogP contribution in [0.3, 0.4) is 0 Å². The van der Waals surface area contributed by atoms with Crippen LogP contribution in [-0.2, 0) is 4.74 Å². The highest BCUT2D eigenvalue weighted by molar-refractivity contribution is 5.42. The minimum Gasteiger partial charge on any atom is -0.383 e. The minimum absolute atomic E-state index is 0.434. The first kappa shape index (κ1) is 9.49. The van der Waals surface area contributed by atoms with Gasteiger partial charge in [0.15, 0.2) is 0 Å². The molecule has 3 nitrogen and oxygen atoms in total. The topological polar surface area (TPSA) is 33.3 Å². The van der Waals surface area contributed by atoms with Crippen molar-refractivity contribution in [1.82, 2.24) is 5.32 Å². The molecule has 1 aromatic rings. The van der Waals surface area contributed by atoms with E-state index in [1.165, 1.54) is 5.69 Å². The minimum atomic E-state index is 0.434. The average molecular weight is 192 g/mol. The lowest BCUT2D eigenvalue weighted by Gasteiger charge is -2.24. The van der Waals surface area contributed by atoms with Crippen molar-refractivity contribution in [2.45, 2.75) is 6.04 Å². The van der Waals surface area contributed by atoms with Crippen LogP contribution in [0.1, 0.15) is 0 Å². The van der Waals surface area contributed by atoms with Crippen LogP contribution in [0.4, 0.5) is 5.69 Å². The van der Waals surface area contributed by atoms with Gasteiger partial charge in [0, 0.05) is 24.8 Å². The van der Waals surface area contributed by atoms with E-state index in [1.807, 2.05) is 18.2 Å². The van der Waals surface area contributed by atoms with Gasteiger partial charge in [0.2, 0.25) is 0 Å². The van der Waals surface area contributed by atoms with E-state index in [1.54, 1.807) is 0 Å². The predicted octanol–water partition coefficient (Wildman–Crippen LogP) is 1.09. The summed E-state index contributed by atoms with van der Waals surface area (Å²) in [5.41, 5.74) is 1.17. The summed E-state index contributed by atoms with van der Waals surface area (Å²) in [7, 11) is 0. The molecule has 0 aliphatic carbocycles. The first-order valence-electron chi connectivity index (χ1n) is 5.05. The highest BCUT2D eigenvalue weighted by Crippen LogP contribution is 2.05. The van der Waals surface area contributed by atoms with Gasteiger partial charge in [0.05, 0.1) is 13.2 Å². The summed E-state index contributed by atoms with van der Waals surface area (Å²) >= 11 is 0. The van der Waals surface area contributed by atoms with Crippen LogP contribution in [-0.4, -0.2) is 32.3 Å². The molecular formula is C11H16N2O. The number of nitrogens with one attached hydrogen (secondary N) is 2. The fraction of sp³-hybridized carbons (Fsp3) is 0.455. The van der Waals surface area contributed by atoms with Gasteiger partial charge in [0.1, 0.15) is 0 Å². The zero-order valence-corrected chi connectivity index (χ0v) is 8.20. The number of rotatable bonds is 3. The van der Waals surface area contributed by atoms with Crippen LogP contribution >= 0.6 is 0 Å². The van der Waals surface area contributed by atoms with E-state index in [0.717, 1.165) is 26.3 Å². The number of anilines is 1. The second-order valence-electron chi connectivity index (χ2n) is 3.47. The zero-order valence-electron chi connectivity index (χ0n) is 8.20. The van der Waals surface area contributed by atoms with E-state index < -0.39 is 0 Å². The van der Waals surface area contributed by atoms with Gasteiger partial charge in [0.25, 0.3) is 0 Å². The summed E-state index contributed by atoms with van der Waals surface area (Å²) in [4.78, 5) is 0. The number of morpholine rings is 1. The second kappa shape index (κ2) is 4.98. The molecule has 1 heterocycles. The van der Waals surface area contributed by atoms with Gasteiger partial charge in [-0.15, -0.1) is 0 Å². The van der Waals surface area contributed by atoms with Gasteiger partial charge in [-0.2, -0.15) is 0 Å². The maximum atomic E-state index is 5.37. The summed E-state index contributed by atoms with van der Waals surface area (Å²) in [6.07, 6.45) is 0. The van der Waals surface area contributed by atoms with E-state index in [0.29, 0.717) is 6.04 Å². The SMILES string of the molecule is c1ccc(NCC2COCCN2)cc1. The summed E-state index contributed by atoms with van der Waals surface area (Å²) < 4.78 is 5.37. The first-order chi connectivity index (χ1) is 6.95. The van der Waals surface area contributed by atoms with Crippen LogP contribution in [0, 0.1) is 0 Å². The first-order valence-corrected chi connectivity index (χ1v) is 5.05. The molecule has 0 radical (unpaired) electrons. The molecule has 2 N–H and O–H groups in total. The Hall–Kier alpha value is -1.06. The van der Waals surface area contributed by atoms with E-state index >= 15 is 0 Å². The summed E-state index contributed by atoms with van der Waals surface area (Å²) in [5, 5.41) is 6.77. The van der Waals surface area contributed by atoms with Gasteiger partial charge in [-0.25, -0.2) is 0 Å². The maximum absolute atomic E-state index is 5.37. The van der Waals surface area contributed by atoms with Crippen molar-refractivity contribution in [3.63, 3.8) is 0 Å². The Morgan fingerprint density at radius 3 is 2.93 bits per heavy atom. The number of hydrogen-bond donors (Lipinski definition) is 2. The third-order valence-corrected chi connectivity index (χ3v) is 2.32. The van der Waals surface area contributed by atoms with Crippen molar-refractivity contribution < 1.29 is 4.74 Å². The Morgan fingerprint density at radius 1 is 1.36 bits per heavy atom. The largest absolute Gasteiger partial charge is 0.383 e. The molecule has 0 saturated carbocycles. The average Bonchev–Trinajstić information content (AvgIpc) is 2.29. The van der Waals surface area contributed by atoms with Crippen molar-refractivity contribution in [1.29, 1.82) is 0 Å². The van der Waals surface area contributed by atoms with E-state index in [2.05, 4.69) is 22.8 Å². The molecule has 3 heteroatoms. The lowest BCUT2D eigenvalue weighted by Crippen LogP contribution is -2.45. The van der Waals surface area contributed by atoms with Crippen LogP contribution in [0.2, 0.25) is 0 Å². The summed E-state index contributed by atoms with van der Waals surface area (Å²) in [6.45, 7) is 3.52. The van der Waals surface area contributed by atoms with Crippen LogP contribution in [0.15, 0.2) is 30.3 Å². The van der Waals surface area contributed by atoms with Gasteiger partial charge in [-0.05, 0) is 12.1 Å². The molecule has 1 aliphatic heterocycles. The normalized spacial score (nSPS) is 21.9. The molecule has 1 fully saturated rings. The molecule has 1 saturated heterocycles. The molecule has 76 valence electrons. The Morgan fingerprint density at radius 2 is 2.21 bits per heavy atom. The molecule has 14 heavy (non-hydrogen) atoms. The third-order valence-electron chi connectivity index (χ3n) is 2.32. The van der Waals surface area contributed by atoms with Gasteiger partial charge in [-0.3, -0.25) is 0 Å². The quantitative estimate of drug-likeness (QED) is 0.752. The van der Waals surface area contributed by atoms with Crippen LogP contribution in [0.5, 0.6) is 0 Å². The van der Waals surface area contributed by atoms with E-state index in [4.69, 9.17) is 4.74 Å². The molecule has 0 amide bonds. The predicted molar refractivity (Wildman–Crippen MR) is 57.5 cm³/mol. The number of para-hydroxylation sites is 1. The second-order valence-corrected chi connectivity index (χ2v) is 3.47. The third kappa shape index (κ3) is 2.72. The molecule has 0 spiro atoms. The lowest BCUT2D eigenvalue weighted by atomic mass is 10.2. The Labute approximate surface area is 84.5 Å². The highest BCUT2D eigenvalue weighted by atomic mass is 16.5. The van der Waals surface area contributed by atoms with Crippen molar-refractivity contribution in [2.75, 3.05) is 31.6 Å². The number of hydrogen-bond acceptors (Lipinski definition) is 3. The molecule has 0 aromatic heterocycles. The van der Waals surface area contributed by atoms with Gasteiger partial charge in [-0.1, -0.05) is 18.2 Å².